The Bertz CT molecular complexity index is 4210. The zero-order chi connectivity index (χ0) is 41.2. The molecule has 0 spiro atoms. The lowest BCUT2D eigenvalue weighted by atomic mass is 10.0. The predicted molar refractivity (Wildman–Crippen MR) is 263 cm³/mol. The fourth-order valence-electron chi connectivity index (χ4n) is 10.5. The lowest BCUT2D eigenvalue weighted by Crippen LogP contribution is -2.04. The highest BCUT2D eigenvalue weighted by Gasteiger charge is 2.24. The first-order valence-electron chi connectivity index (χ1n) is 21.5. The summed E-state index contributed by atoms with van der Waals surface area (Å²) >= 11 is 0. The molecule has 63 heavy (non-hydrogen) atoms. The Balaban J connectivity index is 1.10. The Morgan fingerprint density at radius 1 is 0.302 bits per heavy atom. The lowest BCUT2D eigenvalue weighted by molar-refractivity contribution is 1.08. The van der Waals surface area contributed by atoms with Gasteiger partial charge in [-0.05, 0) is 95.0 Å². The molecule has 0 aliphatic carbocycles. The highest BCUT2D eigenvalue weighted by molar-refractivity contribution is 6.19. The van der Waals surface area contributed by atoms with E-state index in [9.17, 15) is 0 Å². The van der Waals surface area contributed by atoms with Gasteiger partial charge in [-0.2, -0.15) is 0 Å². The summed E-state index contributed by atoms with van der Waals surface area (Å²) in [6, 6.07) is 76.6. The highest BCUT2D eigenvalue weighted by Crippen LogP contribution is 2.44. The van der Waals surface area contributed by atoms with Crippen LogP contribution >= 0.6 is 0 Å². The summed E-state index contributed by atoms with van der Waals surface area (Å²) in [5.74, 6) is 0.795. The minimum atomic E-state index is 0.795. The number of nitrogens with zero attached hydrogens (tertiary/aromatic N) is 5. The van der Waals surface area contributed by atoms with E-state index < -0.39 is 0 Å². The number of hydrogen-bond acceptors (Lipinski definition) is 2. The average Bonchev–Trinajstić information content (AvgIpc) is 3.97. The first-order valence-corrected chi connectivity index (χ1v) is 21.5. The summed E-state index contributed by atoms with van der Waals surface area (Å²) < 4.78 is 7.20. The van der Waals surface area contributed by atoms with Crippen molar-refractivity contribution in [1.82, 2.24) is 23.7 Å². The van der Waals surface area contributed by atoms with E-state index in [0.717, 1.165) is 72.3 Å². The van der Waals surface area contributed by atoms with E-state index in [4.69, 9.17) is 9.97 Å². The van der Waals surface area contributed by atoms with Crippen LogP contribution in [-0.4, -0.2) is 23.7 Å². The monoisotopic (exact) mass is 801 g/mol. The topological polar surface area (TPSA) is 40.6 Å². The van der Waals surface area contributed by atoms with Crippen LogP contribution in [0.5, 0.6) is 0 Å². The van der Waals surface area contributed by atoms with E-state index in [1.165, 1.54) is 54.1 Å². The van der Waals surface area contributed by atoms with Gasteiger partial charge in [0.15, 0.2) is 5.82 Å². The molecular weight excluding hydrogens is 767 g/mol. The van der Waals surface area contributed by atoms with Gasteiger partial charge < -0.3 is 9.13 Å². The average molecular weight is 802 g/mol. The van der Waals surface area contributed by atoms with E-state index in [-0.39, 0.29) is 0 Å². The molecule has 14 aromatic rings. The number of benzene rings is 10. The molecule has 0 saturated carbocycles. The van der Waals surface area contributed by atoms with Gasteiger partial charge in [-0.3, -0.25) is 4.57 Å². The van der Waals surface area contributed by atoms with Crippen LogP contribution in [0.4, 0.5) is 0 Å². The van der Waals surface area contributed by atoms with E-state index in [1.54, 1.807) is 0 Å². The fourth-order valence-corrected chi connectivity index (χ4v) is 10.5. The molecule has 0 atom stereocenters. The largest absolute Gasteiger partial charge is 0.309 e. The Morgan fingerprint density at radius 2 is 0.841 bits per heavy atom. The molecule has 0 bridgehead atoms. The quantitative estimate of drug-likeness (QED) is 0.178. The summed E-state index contributed by atoms with van der Waals surface area (Å²) in [6.07, 6.45) is 0. The van der Waals surface area contributed by atoms with Crippen molar-refractivity contribution in [3.63, 3.8) is 0 Å². The molecule has 14 rings (SSSR count). The molecule has 0 fully saturated rings. The molecule has 0 aliphatic rings. The number of fused-ring (bicyclic) bond motifs is 12. The van der Waals surface area contributed by atoms with Gasteiger partial charge >= 0.3 is 0 Å². The molecule has 0 aliphatic heterocycles. The SMILES string of the molecule is c1ccc(-n2c3ccccc3c3c(-c4nc5ccccc5nc4-n4c5ccccc5c5cc6cccc(-n7c8ccccc8c8cc9ccccc9cc87)c6cc54)cccc32)cc1. The van der Waals surface area contributed by atoms with E-state index in [2.05, 4.69) is 220 Å². The van der Waals surface area contributed by atoms with Gasteiger partial charge in [0.05, 0.1) is 49.8 Å². The van der Waals surface area contributed by atoms with Gasteiger partial charge in [0.2, 0.25) is 0 Å². The Kier molecular flexibility index (Phi) is 7.05. The van der Waals surface area contributed by atoms with E-state index in [1.807, 2.05) is 6.07 Å². The first kappa shape index (κ1) is 34.2. The zero-order valence-corrected chi connectivity index (χ0v) is 33.9. The van der Waals surface area contributed by atoms with Crippen molar-refractivity contribution in [2.75, 3.05) is 0 Å². The van der Waals surface area contributed by atoms with Gasteiger partial charge in [0.1, 0.15) is 5.69 Å². The summed E-state index contributed by atoms with van der Waals surface area (Å²) in [5.41, 5.74) is 12.6. The minimum absolute atomic E-state index is 0.795. The molecule has 0 amide bonds. The van der Waals surface area contributed by atoms with Gasteiger partial charge in [-0.25, -0.2) is 9.97 Å². The molecule has 5 nitrogen and oxygen atoms in total. The molecule has 5 heteroatoms. The second kappa shape index (κ2) is 13.0. The van der Waals surface area contributed by atoms with Crippen LogP contribution < -0.4 is 0 Å². The summed E-state index contributed by atoms with van der Waals surface area (Å²) in [4.78, 5) is 11.2. The maximum Gasteiger partial charge on any atom is 0.165 e. The minimum Gasteiger partial charge on any atom is -0.309 e. The van der Waals surface area contributed by atoms with Crippen LogP contribution in [0.1, 0.15) is 0 Å². The zero-order valence-electron chi connectivity index (χ0n) is 33.9. The Morgan fingerprint density at radius 3 is 1.60 bits per heavy atom. The van der Waals surface area contributed by atoms with Gasteiger partial charge in [-0.15, -0.1) is 0 Å². The molecule has 4 aromatic heterocycles. The van der Waals surface area contributed by atoms with Crippen molar-refractivity contribution in [3.05, 3.63) is 212 Å². The normalized spacial score (nSPS) is 12.1. The maximum absolute atomic E-state index is 5.60. The van der Waals surface area contributed by atoms with Gasteiger partial charge in [0, 0.05) is 49.0 Å². The van der Waals surface area contributed by atoms with Crippen LogP contribution in [0.3, 0.4) is 0 Å². The molecule has 0 N–H and O–H groups in total. The van der Waals surface area contributed by atoms with E-state index in [0.29, 0.717) is 0 Å². The summed E-state index contributed by atoms with van der Waals surface area (Å²) in [6.45, 7) is 0. The summed E-state index contributed by atoms with van der Waals surface area (Å²) in [7, 11) is 0. The van der Waals surface area contributed by atoms with Crippen molar-refractivity contribution in [2.24, 2.45) is 0 Å². The van der Waals surface area contributed by atoms with Gasteiger partial charge in [0.25, 0.3) is 0 Å². The highest BCUT2D eigenvalue weighted by atomic mass is 15.1. The molecule has 292 valence electrons. The fraction of sp³-hybridized carbons (Fsp3) is 0. The third-order valence-electron chi connectivity index (χ3n) is 13.2. The Labute approximate surface area is 360 Å². The maximum atomic E-state index is 5.60. The predicted octanol–water partition coefficient (Wildman–Crippen LogP) is 14.9. The number of hydrogen-bond donors (Lipinski definition) is 0. The first-order chi connectivity index (χ1) is 31.3. The third kappa shape index (κ3) is 4.87. The standard InChI is InChI=1S/C58H35N5/c1-2-19-39(20-3-1)61-51-29-13-8-23-42(51)56-43(24-15-31-53(56)61)57-58(60-48-26-10-9-25-47(48)59-57)63-50-28-12-7-22-41(50)46-33-38-18-14-30-52(44(38)35-55(46)63)62-49-27-11-6-21-40(49)45-32-36-16-4-5-17-37(36)34-54(45)62/h1-35H. The molecular formula is C58H35N5. The van der Waals surface area contributed by atoms with Gasteiger partial charge in [-0.1, -0.05) is 133 Å². The Hall–Kier alpha value is -8.54. The van der Waals surface area contributed by atoms with E-state index >= 15 is 0 Å². The second-order valence-corrected chi connectivity index (χ2v) is 16.6. The van der Waals surface area contributed by atoms with Crippen molar-refractivity contribution < 1.29 is 0 Å². The number of rotatable bonds is 4. The van der Waals surface area contributed by atoms with Crippen LogP contribution in [0, 0.1) is 0 Å². The smallest absolute Gasteiger partial charge is 0.165 e. The van der Waals surface area contributed by atoms with Crippen LogP contribution in [0.25, 0.3) is 126 Å². The lowest BCUT2D eigenvalue weighted by Gasteiger charge is -2.16. The molecule has 10 aromatic carbocycles. The van der Waals surface area contributed by atoms with Crippen molar-refractivity contribution in [3.8, 4) is 28.5 Å². The number of para-hydroxylation sites is 6. The van der Waals surface area contributed by atoms with Crippen LogP contribution in [0.15, 0.2) is 212 Å². The molecule has 0 radical (unpaired) electrons. The van der Waals surface area contributed by atoms with Crippen molar-refractivity contribution in [1.29, 1.82) is 0 Å². The second-order valence-electron chi connectivity index (χ2n) is 16.6. The van der Waals surface area contributed by atoms with Crippen molar-refractivity contribution in [2.45, 2.75) is 0 Å². The number of aromatic nitrogens is 5. The third-order valence-corrected chi connectivity index (χ3v) is 13.2. The van der Waals surface area contributed by atoms with Crippen LogP contribution in [-0.2, 0) is 0 Å². The van der Waals surface area contributed by atoms with Crippen molar-refractivity contribution >= 4 is 98.0 Å². The molecule has 0 saturated heterocycles. The molecule has 4 heterocycles. The summed E-state index contributed by atoms with van der Waals surface area (Å²) in [5, 5.41) is 11.9. The van der Waals surface area contributed by atoms with Crippen LogP contribution in [0.2, 0.25) is 0 Å². The molecule has 0 unspecified atom stereocenters.